The molecule has 0 spiro atoms. The largest absolute Gasteiger partial charge is 0.480 e. The normalized spacial score (nSPS) is 12.4. The van der Waals surface area contributed by atoms with Gasteiger partial charge in [0.15, 0.2) is 0 Å². The van der Waals surface area contributed by atoms with Crippen molar-refractivity contribution in [2.75, 3.05) is 13.1 Å². The minimum atomic E-state index is -1.27. The highest BCUT2D eigenvalue weighted by Crippen LogP contribution is 2.12. The van der Waals surface area contributed by atoms with Crippen molar-refractivity contribution in [2.24, 2.45) is 5.73 Å². The molecular weight excluding hydrogens is 392 g/mol. The summed E-state index contributed by atoms with van der Waals surface area (Å²) in [6.45, 7) is 5.82. The van der Waals surface area contributed by atoms with Crippen molar-refractivity contribution < 1.29 is 24.2 Å². The fraction of sp³-hybridized carbons (Fsp3) is 0.450. The van der Waals surface area contributed by atoms with Gasteiger partial charge < -0.3 is 25.5 Å². The van der Waals surface area contributed by atoms with Crippen LogP contribution in [0.2, 0.25) is 0 Å². The summed E-state index contributed by atoms with van der Waals surface area (Å²) < 4.78 is 5.17. The third-order valence-corrected chi connectivity index (χ3v) is 4.05. The van der Waals surface area contributed by atoms with Crippen LogP contribution in [0.1, 0.15) is 31.9 Å². The van der Waals surface area contributed by atoms with Gasteiger partial charge in [0.05, 0.1) is 6.42 Å². The number of carboxylic acid groups (broad SMARTS) is 1. The third-order valence-electron chi connectivity index (χ3n) is 4.05. The number of nitrogens with two attached hydrogens (primary N) is 1. The van der Waals surface area contributed by atoms with E-state index in [1.807, 2.05) is 6.92 Å². The van der Waals surface area contributed by atoms with E-state index in [0.29, 0.717) is 11.0 Å². The fourth-order valence-corrected chi connectivity index (χ4v) is 2.76. The van der Waals surface area contributed by atoms with Crippen LogP contribution in [0.3, 0.4) is 0 Å². The molecule has 10 nitrogen and oxygen atoms in total. The molecule has 162 valence electrons. The number of hydrogen-bond acceptors (Lipinski definition) is 7. The lowest BCUT2D eigenvalue weighted by molar-refractivity contribution is -0.158. The molecular formula is C20H26N4O6. The van der Waals surface area contributed by atoms with Crippen LogP contribution in [0.5, 0.6) is 0 Å². The Morgan fingerprint density at radius 2 is 1.97 bits per heavy atom. The molecule has 0 aromatic carbocycles. The van der Waals surface area contributed by atoms with Gasteiger partial charge in [0.25, 0.3) is 5.56 Å². The number of H-pyrrole nitrogens is 1. The van der Waals surface area contributed by atoms with Gasteiger partial charge in [-0.05, 0) is 45.4 Å². The van der Waals surface area contributed by atoms with Gasteiger partial charge in [0.1, 0.15) is 23.8 Å². The maximum atomic E-state index is 12.7. The number of aryl methyl sites for hydroxylation is 1. The van der Waals surface area contributed by atoms with Crippen LogP contribution in [0.25, 0.3) is 11.0 Å². The van der Waals surface area contributed by atoms with Crippen LogP contribution in [0.15, 0.2) is 23.1 Å². The molecule has 0 aliphatic heterocycles. The Morgan fingerprint density at radius 1 is 1.30 bits per heavy atom. The molecule has 4 N–H and O–H groups in total. The average Bonchev–Trinajstić information content (AvgIpc) is 2.60. The molecule has 0 saturated carbocycles. The van der Waals surface area contributed by atoms with Crippen LogP contribution in [0, 0.1) is 6.92 Å². The number of nitrogens with zero attached hydrogens (tertiary/aromatic N) is 2. The Labute approximate surface area is 173 Å². The first kappa shape index (κ1) is 23.0. The Morgan fingerprint density at radius 3 is 2.57 bits per heavy atom. The van der Waals surface area contributed by atoms with E-state index in [1.54, 1.807) is 39.1 Å². The van der Waals surface area contributed by atoms with E-state index in [9.17, 15) is 19.2 Å². The van der Waals surface area contributed by atoms with Gasteiger partial charge >= 0.3 is 11.9 Å². The number of hydrogen-bond donors (Lipinski definition) is 3. The highest BCUT2D eigenvalue weighted by molar-refractivity contribution is 5.85. The van der Waals surface area contributed by atoms with Crippen LogP contribution in [0.4, 0.5) is 0 Å². The SMILES string of the molecule is Cc1cnc2[nH]c(=O)c(CC(=O)N(CC(=O)O)CC(N)C(=O)OC(C)(C)C)cc2c1. The number of fused-ring (bicyclic) bond motifs is 1. The van der Waals surface area contributed by atoms with E-state index in [4.69, 9.17) is 15.6 Å². The van der Waals surface area contributed by atoms with Crippen molar-refractivity contribution in [3.8, 4) is 0 Å². The molecule has 10 heteroatoms. The summed E-state index contributed by atoms with van der Waals surface area (Å²) in [5.74, 6) is -2.68. The number of esters is 1. The van der Waals surface area contributed by atoms with E-state index >= 15 is 0 Å². The van der Waals surface area contributed by atoms with Gasteiger partial charge in [-0.2, -0.15) is 0 Å². The van der Waals surface area contributed by atoms with E-state index in [0.717, 1.165) is 10.5 Å². The van der Waals surface area contributed by atoms with Crippen molar-refractivity contribution in [3.05, 3.63) is 39.8 Å². The third kappa shape index (κ3) is 6.38. The molecule has 0 aliphatic rings. The maximum Gasteiger partial charge on any atom is 0.325 e. The first-order valence-electron chi connectivity index (χ1n) is 9.32. The first-order valence-corrected chi connectivity index (χ1v) is 9.32. The minimum absolute atomic E-state index is 0.154. The maximum absolute atomic E-state index is 12.7. The second-order valence-corrected chi connectivity index (χ2v) is 8.06. The molecule has 2 heterocycles. The number of rotatable bonds is 7. The highest BCUT2D eigenvalue weighted by Gasteiger charge is 2.27. The fourth-order valence-electron chi connectivity index (χ4n) is 2.76. The number of nitrogens with one attached hydrogen (secondary N) is 1. The predicted molar refractivity (Wildman–Crippen MR) is 109 cm³/mol. The first-order chi connectivity index (χ1) is 13.9. The van der Waals surface area contributed by atoms with Gasteiger partial charge in [-0.15, -0.1) is 0 Å². The second kappa shape index (κ2) is 9.04. The number of carbonyl (C=O) groups excluding carboxylic acids is 2. The van der Waals surface area contributed by atoms with Crippen LogP contribution < -0.4 is 11.3 Å². The van der Waals surface area contributed by atoms with E-state index in [2.05, 4.69) is 9.97 Å². The van der Waals surface area contributed by atoms with E-state index in [-0.39, 0.29) is 18.5 Å². The summed E-state index contributed by atoms with van der Waals surface area (Å²) in [5, 5.41) is 9.78. The number of ether oxygens (including phenoxy) is 1. The molecule has 1 amide bonds. The molecule has 0 saturated heterocycles. The summed E-state index contributed by atoms with van der Waals surface area (Å²) in [5.41, 5.74) is 5.95. The van der Waals surface area contributed by atoms with Gasteiger partial charge in [0, 0.05) is 23.7 Å². The van der Waals surface area contributed by atoms with Crippen molar-refractivity contribution in [1.82, 2.24) is 14.9 Å². The van der Waals surface area contributed by atoms with Gasteiger partial charge in [-0.1, -0.05) is 0 Å². The van der Waals surface area contributed by atoms with Crippen molar-refractivity contribution in [3.63, 3.8) is 0 Å². The number of carbonyl (C=O) groups is 3. The zero-order valence-corrected chi connectivity index (χ0v) is 17.4. The lowest BCUT2D eigenvalue weighted by Gasteiger charge is -2.26. The Bertz CT molecular complexity index is 1020. The zero-order valence-electron chi connectivity index (χ0n) is 17.4. The summed E-state index contributed by atoms with van der Waals surface area (Å²) in [4.78, 5) is 56.0. The van der Waals surface area contributed by atoms with Crippen molar-refractivity contribution in [1.29, 1.82) is 0 Å². The number of amides is 1. The second-order valence-electron chi connectivity index (χ2n) is 8.06. The van der Waals surface area contributed by atoms with Crippen LogP contribution in [-0.4, -0.2) is 62.6 Å². The summed E-state index contributed by atoms with van der Waals surface area (Å²) in [6, 6.07) is 2.12. The molecule has 2 aromatic heterocycles. The number of aromatic amines is 1. The standard InChI is InChI=1S/C20H26N4O6/c1-11-5-12-6-13(18(28)23-17(12)22-8-11)7-15(25)24(10-16(26)27)9-14(21)19(29)30-20(2,3)4/h5-6,8,14H,7,9-10,21H2,1-4H3,(H,26,27)(H,22,23,28). The number of aliphatic carboxylic acids is 1. The summed E-state index contributed by atoms with van der Waals surface area (Å²) >= 11 is 0. The monoisotopic (exact) mass is 418 g/mol. The molecule has 1 unspecified atom stereocenters. The van der Waals surface area contributed by atoms with Gasteiger partial charge in [0.2, 0.25) is 5.91 Å². The van der Waals surface area contributed by atoms with Gasteiger partial charge in [-0.25, -0.2) is 4.98 Å². The summed E-state index contributed by atoms with van der Waals surface area (Å²) in [6.07, 6.45) is 1.25. The number of carboxylic acids is 1. The van der Waals surface area contributed by atoms with Crippen LogP contribution >= 0.6 is 0 Å². The number of pyridine rings is 2. The Hall–Kier alpha value is -3.27. The molecule has 30 heavy (non-hydrogen) atoms. The minimum Gasteiger partial charge on any atom is -0.480 e. The molecule has 2 rings (SSSR count). The molecule has 0 bridgehead atoms. The zero-order chi connectivity index (χ0) is 22.6. The van der Waals surface area contributed by atoms with Gasteiger partial charge in [-0.3, -0.25) is 19.2 Å². The van der Waals surface area contributed by atoms with E-state index < -0.39 is 41.6 Å². The molecule has 1 atom stereocenters. The van der Waals surface area contributed by atoms with Crippen molar-refractivity contribution in [2.45, 2.75) is 45.8 Å². The molecule has 2 aromatic rings. The lowest BCUT2D eigenvalue weighted by atomic mass is 10.1. The summed E-state index contributed by atoms with van der Waals surface area (Å²) in [7, 11) is 0. The van der Waals surface area contributed by atoms with Crippen LogP contribution in [-0.2, 0) is 25.5 Å². The molecule has 0 fully saturated rings. The quantitative estimate of drug-likeness (QED) is 0.544. The molecule has 0 aliphatic carbocycles. The van der Waals surface area contributed by atoms with E-state index in [1.165, 1.54) is 0 Å². The lowest BCUT2D eigenvalue weighted by Crippen LogP contribution is -2.49. The average molecular weight is 418 g/mol. The Kier molecular flexibility index (Phi) is 6.93. The highest BCUT2D eigenvalue weighted by atomic mass is 16.6. The molecule has 0 radical (unpaired) electrons. The topological polar surface area (TPSA) is 156 Å². The van der Waals surface area contributed by atoms with Crippen molar-refractivity contribution >= 4 is 28.9 Å². The Balaban J connectivity index is 2.22. The predicted octanol–water partition coefficient (Wildman–Crippen LogP) is 0.356. The smallest absolute Gasteiger partial charge is 0.325 e. The number of aromatic nitrogens is 2.